The summed E-state index contributed by atoms with van der Waals surface area (Å²) in [5.41, 5.74) is 8.29. The molecule has 0 bridgehead atoms. The van der Waals surface area contributed by atoms with E-state index in [2.05, 4.69) is 28.8 Å². The van der Waals surface area contributed by atoms with Crippen molar-refractivity contribution in [1.29, 1.82) is 0 Å². The van der Waals surface area contributed by atoms with Crippen LogP contribution >= 0.6 is 12.4 Å². The number of likely N-dealkylation sites (tertiary alicyclic amines) is 1. The van der Waals surface area contributed by atoms with E-state index < -0.39 is 11.6 Å². The van der Waals surface area contributed by atoms with Crippen LogP contribution in [0, 0.1) is 0 Å². The number of aliphatic hydroxyl groups is 1. The molecular formula is C32H45ClN4O4. The summed E-state index contributed by atoms with van der Waals surface area (Å²) in [6.45, 7) is 4.94. The maximum Gasteiger partial charge on any atom is 0.245 e. The van der Waals surface area contributed by atoms with Gasteiger partial charge in [0.1, 0.15) is 6.04 Å². The molecule has 1 saturated heterocycles. The predicted octanol–water partition coefficient (Wildman–Crippen LogP) is 3.20. The largest absolute Gasteiger partial charge is 0.396 e. The van der Waals surface area contributed by atoms with Gasteiger partial charge in [-0.1, -0.05) is 54.6 Å². The molecule has 0 unspecified atom stereocenters. The Bertz CT molecular complexity index is 1180. The zero-order chi connectivity index (χ0) is 28.8. The van der Waals surface area contributed by atoms with E-state index in [0.29, 0.717) is 32.5 Å². The van der Waals surface area contributed by atoms with Crippen LogP contribution in [0.25, 0.3) is 0 Å². The molecule has 1 spiro atoms. The molecule has 1 heterocycles. The minimum atomic E-state index is -1.08. The Balaban J connectivity index is 0.00000462. The minimum Gasteiger partial charge on any atom is -0.396 e. The number of piperidine rings is 1. The van der Waals surface area contributed by atoms with Crippen molar-refractivity contribution < 1.29 is 19.5 Å². The summed E-state index contributed by atoms with van der Waals surface area (Å²) >= 11 is 0. The molecule has 2 atom stereocenters. The summed E-state index contributed by atoms with van der Waals surface area (Å²) < 4.78 is 0. The predicted molar refractivity (Wildman–Crippen MR) is 163 cm³/mol. The summed E-state index contributed by atoms with van der Waals surface area (Å²) in [4.78, 5) is 41.5. The van der Waals surface area contributed by atoms with Gasteiger partial charge in [-0.3, -0.25) is 14.4 Å². The number of halogens is 1. The number of carbonyl (C=O) groups is 3. The average molecular weight is 585 g/mol. The zero-order valence-corrected chi connectivity index (χ0v) is 25.1. The highest BCUT2D eigenvalue weighted by Crippen LogP contribution is 2.51. The van der Waals surface area contributed by atoms with Crippen LogP contribution in [-0.4, -0.2) is 65.5 Å². The molecule has 1 aliphatic carbocycles. The molecule has 224 valence electrons. The lowest BCUT2D eigenvalue weighted by Gasteiger charge is -2.41. The van der Waals surface area contributed by atoms with Gasteiger partial charge in [-0.15, -0.1) is 12.4 Å². The smallest absolute Gasteiger partial charge is 0.245 e. The van der Waals surface area contributed by atoms with Crippen LogP contribution in [0.5, 0.6) is 0 Å². The third-order valence-electron chi connectivity index (χ3n) is 8.47. The average Bonchev–Trinajstić information content (AvgIpc) is 3.26. The van der Waals surface area contributed by atoms with Crippen LogP contribution < -0.4 is 16.4 Å². The number of nitrogens with two attached hydrogens (primary N) is 1. The highest BCUT2D eigenvalue weighted by molar-refractivity contribution is 5.91. The van der Waals surface area contributed by atoms with Crippen molar-refractivity contribution in [3.05, 3.63) is 71.3 Å². The highest BCUT2D eigenvalue weighted by atomic mass is 35.5. The second kappa shape index (κ2) is 14.3. The lowest BCUT2D eigenvalue weighted by molar-refractivity contribution is -0.139. The molecule has 41 heavy (non-hydrogen) atoms. The van der Waals surface area contributed by atoms with Gasteiger partial charge >= 0.3 is 0 Å². The quantitative estimate of drug-likeness (QED) is 0.302. The Morgan fingerprint density at radius 1 is 1.05 bits per heavy atom. The monoisotopic (exact) mass is 584 g/mol. The standard InChI is InChI=1S/C32H44N4O4.ClH/c1-31(2,33)30(40)35-27(15-8-12-23-10-4-3-5-11-23)29(39)36-19-16-32(17-20-36)22-25(28(38)34-18-9-21-37)24-13-6-7-14-26(24)32;/h3-7,10-11,13-14,25,27,37H,8-9,12,15-22,33H2,1-2H3,(H,34,38)(H,35,40);1H/t25-,27-;/m1./s1. The maximum absolute atomic E-state index is 13.8. The second-order valence-electron chi connectivity index (χ2n) is 11.9. The maximum atomic E-state index is 13.8. The van der Waals surface area contributed by atoms with E-state index in [1.165, 1.54) is 11.1 Å². The fourth-order valence-electron chi connectivity index (χ4n) is 6.15. The number of nitrogens with zero attached hydrogens (tertiary/aromatic N) is 1. The van der Waals surface area contributed by atoms with Gasteiger partial charge in [0.2, 0.25) is 17.7 Å². The molecule has 2 aliphatic rings. The topological polar surface area (TPSA) is 125 Å². The van der Waals surface area contributed by atoms with Crippen LogP contribution in [-0.2, 0) is 26.2 Å². The van der Waals surface area contributed by atoms with Crippen molar-refractivity contribution >= 4 is 30.1 Å². The van der Waals surface area contributed by atoms with E-state index in [4.69, 9.17) is 10.8 Å². The first-order valence-corrected chi connectivity index (χ1v) is 14.6. The van der Waals surface area contributed by atoms with Crippen LogP contribution in [0.15, 0.2) is 54.6 Å². The van der Waals surface area contributed by atoms with Crippen molar-refractivity contribution in [3.8, 4) is 0 Å². The van der Waals surface area contributed by atoms with E-state index in [1.807, 2.05) is 41.3 Å². The highest BCUT2D eigenvalue weighted by Gasteiger charge is 2.48. The molecule has 5 N–H and O–H groups in total. The number of aryl methyl sites for hydroxylation is 1. The van der Waals surface area contributed by atoms with Gasteiger partial charge < -0.3 is 26.4 Å². The lowest BCUT2D eigenvalue weighted by Crippen LogP contribution is -2.57. The Morgan fingerprint density at radius 3 is 2.37 bits per heavy atom. The van der Waals surface area contributed by atoms with Crippen molar-refractivity contribution in [2.75, 3.05) is 26.2 Å². The number of aliphatic hydroxyl groups excluding tert-OH is 1. The summed E-state index contributed by atoms with van der Waals surface area (Å²) in [6, 6.07) is 17.7. The summed E-state index contributed by atoms with van der Waals surface area (Å²) in [5, 5.41) is 15.0. The number of benzene rings is 2. The lowest BCUT2D eigenvalue weighted by atomic mass is 9.73. The summed E-state index contributed by atoms with van der Waals surface area (Å²) in [6.07, 6.45) is 4.92. The molecule has 8 nitrogen and oxygen atoms in total. The second-order valence-corrected chi connectivity index (χ2v) is 11.9. The third-order valence-corrected chi connectivity index (χ3v) is 8.47. The molecule has 3 amide bonds. The number of carbonyl (C=O) groups excluding carboxylic acids is 3. The number of nitrogens with one attached hydrogen (secondary N) is 2. The normalized spacial score (nSPS) is 18.2. The molecule has 0 radical (unpaired) electrons. The summed E-state index contributed by atoms with van der Waals surface area (Å²) in [7, 11) is 0. The van der Waals surface area contributed by atoms with Crippen LogP contribution in [0.3, 0.4) is 0 Å². The number of fused-ring (bicyclic) bond motifs is 2. The van der Waals surface area contributed by atoms with Crippen molar-refractivity contribution in [3.63, 3.8) is 0 Å². The molecule has 1 fully saturated rings. The first-order valence-electron chi connectivity index (χ1n) is 14.6. The SMILES string of the molecule is CC(C)(N)C(=O)N[C@H](CCCc1ccccc1)C(=O)N1CCC2(CC1)C[C@@H](C(=O)NCCCO)c1ccccc12.Cl. The van der Waals surface area contributed by atoms with Gasteiger partial charge in [-0.05, 0) is 75.5 Å². The van der Waals surface area contributed by atoms with Gasteiger partial charge in [-0.2, -0.15) is 0 Å². The van der Waals surface area contributed by atoms with Gasteiger partial charge in [-0.25, -0.2) is 0 Å². The molecule has 0 saturated carbocycles. The molecular weight excluding hydrogens is 540 g/mol. The van der Waals surface area contributed by atoms with Gasteiger partial charge in [0.25, 0.3) is 0 Å². The Morgan fingerprint density at radius 2 is 1.71 bits per heavy atom. The fraction of sp³-hybridized carbons (Fsp3) is 0.531. The number of rotatable bonds is 11. The molecule has 4 rings (SSSR count). The zero-order valence-electron chi connectivity index (χ0n) is 24.2. The van der Waals surface area contributed by atoms with E-state index in [0.717, 1.165) is 37.7 Å². The van der Waals surface area contributed by atoms with Crippen LogP contribution in [0.1, 0.15) is 75.0 Å². The molecule has 2 aromatic carbocycles. The van der Waals surface area contributed by atoms with Crippen LogP contribution in [0.2, 0.25) is 0 Å². The number of hydrogen-bond acceptors (Lipinski definition) is 5. The summed E-state index contributed by atoms with van der Waals surface area (Å²) in [5.74, 6) is -0.625. The molecule has 1 aliphatic heterocycles. The van der Waals surface area contributed by atoms with Gasteiger partial charge in [0, 0.05) is 31.7 Å². The Hall–Kier alpha value is -2.94. The van der Waals surface area contributed by atoms with Crippen molar-refractivity contribution in [1.82, 2.24) is 15.5 Å². The Kier molecular flexibility index (Phi) is 11.4. The van der Waals surface area contributed by atoms with E-state index in [1.54, 1.807) is 13.8 Å². The van der Waals surface area contributed by atoms with E-state index in [9.17, 15) is 14.4 Å². The van der Waals surface area contributed by atoms with E-state index in [-0.39, 0.29) is 48.1 Å². The Labute approximate surface area is 249 Å². The van der Waals surface area contributed by atoms with Gasteiger partial charge in [0.05, 0.1) is 11.5 Å². The number of hydrogen-bond donors (Lipinski definition) is 4. The van der Waals surface area contributed by atoms with Crippen molar-refractivity contribution in [2.45, 2.75) is 81.7 Å². The van der Waals surface area contributed by atoms with Crippen LogP contribution in [0.4, 0.5) is 0 Å². The first kappa shape index (κ1) is 32.6. The fourth-order valence-corrected chi connectivity index (χ4v) is 6.15. The first-order chi connectivity index (χ1) is 19.1. The molecule has 9 heteroatoms. The van der Waals surface area contributed by atoms with Crippen molar-refractivity contribution in [2.24, 2.45) is 5.73 Å². The van der Waals surface area contributed by atoms with E-state index >= 15 is 0 Å². The molecule has 0 aromatic heterocycles. The number of amides is 3. The van der Waals surface area contributed by atoms with Gasteiger partial charge in [0.15, 0.2) is 0 Å². The molecule has 2 aromatic rings. The third kappa shape index (κ3) is 7.87. The minimum absolute atomic E-state index is 0.